The molecule has 0 aromatic carbocycles. The molecule has 0 aliphatic carbocycles. The predicted molar refractivity (Wildman–Crippen MR) is 131 cm³/mol. The number of nitrogens with two attached hydrogens (primary N) is 1. The lowest BCUT2D eigenvalue weighted by Gasteiger charge is -2.10. The van der Waals surface area contributed by atoms with E-state index in [0.717, 1.165) is 28.1 Å². The third-order valence-electron chi connectivity index (χ3n) is 5.77. The fraction of sp³-hybridized carbons (Fsp3) is 0.217. The third kappa shape index (κ3) is 4.13. The maximum atomic E-state index is 13.7. The average Bonchev–Trinajstić information content (AvgIpc) is 3.52. The van der Waals surface area contributed by atoms with Crippen LogP contribution in [0.25, 0.3) is 27.0 Å². The summed E-state index contributed by atoms with van der Waals surface area (Å²) in [5, 5.41) is 10.9. The lowest BCUT2D eigenvalue weighted by Crippen LogP contribution is -2.17. The standard InChI is InChI=1S/C23H18F4N8O2S/c1-8-4-14(19(26)27)35-21(30-8)11(6-29-35)22(37)32-16-15-10(12-7-34(3)33-9(12)2)5-13(18(24)25)31-23(15)38-17(16)20(28)36/h4-7,18-19H,1-3H3,(H2,28,36)(H,32,37). The van der Waals surface area contributed by atoms with Crippen molar-refractivity contribution in [2.24, 2.45) is 12.8 Å². The van der Waals surface area contributed by atoms with Gasteiger partial charge < -0.3 is 11.1 Å². The number of hydrogen-bond donors (Lipinski definition) is 2. The number of hydrogen-bond acceptors (Lipinski definition) is 7. The van der Waals surface area contributed by atoms with Gasteiger partial charge in [0.15, 0.2) is 5.65 Å². The van der Waals surface area contributed by atoms with Crippen LogP contribution in [0, 0.1) is 13.8 Å². The summed E-state index contributed by atoms with van der Waals surface area (Å²) >= 11 is 0.740. The van der Waals surface area contributed by atoms with E-state index in [1.54, 1.807) is 20.2 Å². The van der Waals surface area contributed by atoms with E-state index in [4.69, 9.17) is 5.73 Å². The molecule has 2 amide bonds. The minimum atomic E-state index is -2.91. The largest absolute Gasteiger partial charge is 0.365 e. The van der Waals surface area contributed by atoms with Gasteiger partial charge >= 0.3 is 0 Å². The number of anilines is 1. The fourth-order valence-corrected chi connectivity index (χ4v) is 5.22. The van der Waals surface area contributed by atoms with Crippen molar-refractivity contribution < 1.29 is 27.2 Å². The quantitative estimate of drug-likeness (QED) is 0.300. The Morgan fingerprint density at radius 2 is 1.82 bits per heavy atom. The van der Waals surface area contributed by atoms with Gasteiger partial charge in [-0.2, -0.15) is 10.2 Å². The molecule has 0 aliphatic rings. The summed E-state index contributed by atoms with van der Waals surface area (Å²) in [4.78, 5) is 33.8. The van der Waals surface area contributed by atoms with Crippen molar-refractivity contribution in [1.29, 1.82) is 0 Å². The smallest absolute Gasteiger partial charge is 0.280 e. The van der Waals surface area contributed by atoms with E-state index in [0.29, 0.717) is 11.3 Å². The number of rotatable bonds is 6. The molecule has 0 radical (unpaired) electrons. The maximum absolute atomic E-state index is 13.7. The van der Waals surface area contributed by atoms with Gasteiger partial charge in [-0.3, -0.25) is 14.3 Å². The summed E-state index contributed by atoms with van der Waals surface area (Å²) in [5.74, 6) is -1.75. The molecule has 3 N–H and O–H groups in total. The highest BCUT2D eigenvalue weighted by Gasteiger charge is 2.28. The van der Waals surface area contributed by atoms with Crippen LogP contribution in [0.3, 0.4) is 0 Å². The van der Waals surface area contributed by atoms with Crippen LogP contribution < -0.4 is 11.1 Å². The Balaban J connectivity index is 1.72. The van der Waals surface area contributed by atoms with Crippen molar-refractivity contribution in [2.75, 3.05) is 5.32 Å². The van der Waals surface area contributed by atoms with E-state index >= 15 is 0 Å². The SMILES string of the molecule is Cc1cc(C(F)F)n2ncc(C(=O)Nc3c(C(N)=O)sc4nc(C(F)F)cc(-c5cn(C)nc5C)c34)c2n1. The van der Waals surface area contributed by atoms with Gasteiger partial charge in [0.05, 0.1) is 17.6 Å². The summed E-state index contributed by atoms with van der Waals surface area (Å²) in [6.07, 6.45) is -3.11. The number of halogens is 4. The highest BCUT2D eigenvalue weighted by Crippen LogP contribution is 2.43. The van der Waals surface area contributed by atoms with E-state index < -0.39 is 36.1 Å². The van der Waals surface area contributed by atoms with Crippen molar-refractivity contribution in [3.63, 3.8) is 0 Å². The molecule has 5 aromatic heterocycles. The van der Waals surface area contributed by atoms with Crippen molar-refractivity contribution in [2.45, 2.75) is 26.7 Å². The molecule has 5 aromatic rings. The lowest BCUT2D eigenvalue weighted by atomic mass is 10.0. The molecule has 5 rings (SSSR count). The van der Waals surface area contributed by atoms with Crippen LogP contribution in [0.5, 0.6) is 0 Å². The molecule has 0 saturated carbocycles. The van der Waals surface area contributed by atoms with Crippen LogP contribution in [0.15, 0.2) is 24.5 Å². The molecule has 0 aliphatic heterocycles. The average molecular weight is 547 g/mol. The molecule has 10 nitrogen and oxygen atoms in total. The van der Waals surface area contributed by atoms with Gasteiger partial charge in [-0.15, -0.1) is 11.3 Å². The van der Waals surface area contributed by atoms with Gasteiger partial charge in [-0.05, 0) is 31.5 Å². The number of thiophene rings is 1. The first-order chi connectivity index (χ1) is 18.0. The van der Waals surface area contributed by atoms with Crippen molar-refractivity contribution in [3.8, 4) is 11.1 Å². The van der Waals surface area contributed by atoms with Crippen LogP contribution in [0.4, 0.5) is 23.2 Å². The fourth-order valence-electron chi connectivity index (χ4n) is 4.21. The minimum Gasteiger partial charge on any atom is -0.365 e. The summed E-state index contributed by atoms with van der Waals surface area (Å²) in [5.41, 5.74) is 5.71. The van der Waals surface area contributed by atoms with Crippen LogP contribution >= 0.6 is 11.3 Å². The minimum absolute atomic E-state index is 0.0407. The Morgan fingerprint density at radius 1 is 1.08 bits per heavy atom. The van der Waals surface area contributed by atoms with Gasteiger partial charge in [0, 0.05) is 29.9 Å². The Hall–Kier alpha value is -4.40. The number of carbonyl (C=O) groups is 2. The van der Waals surface area contributed by atoms with E-state index in [2.05, 4.69) is 25.5 Å². The first kappa shape index (κ1) is 25.3. The summed E-state index contributed by atoms with van der Waals surface area (Å²) in [6, 6.07) is 2.32. The number of pyridine rings is 1. The zero-order chi connectivity index (χ0) is 27.5. The number of fused-ring (bicyclic) bond motifs is 2. The van der Waals surface area contributed by atoms with Crippen molar-refractivity contribution >= 4 is 44.7 Å². The second-order valence-electron chi connectivity index (χ2n) is 8.42. The highest BCUT2D eigenvalue weighted by molar-refractivity contribution is 7.21. The molecule has 5 heterocycles. The molecule has 0 unspecified atom stereocenters. The number of alkyl halides is 4. The zero-order valence-electron chi connectivity index (χ0n) is 20.0. The van der Waals surface area contributed by atoms with E-state index in [1.165, 1.54) is 17.7 Å². The molecular weight excluding hydrogens is 528 g/mol. The summed E-state index contributed by atoms with van der Waals surface area (Å²) < 4.78 is 56.8. The second-order valence-corrected chi connectivity index (χ2v) is 9.42. The molecular formula is C23H18F4N8O2S. The van der Waals surface area contributed by atoms with Gasteiger partial charge in [-0.25, -0.2) is 32.0 Å². The van der Waals surface area contributed by atoms with E-state index in [9.17, 15) is 27.2 Å². The van der Waals surface area contributed by atoms with Crippen LogP contribution in [0.2, 0.25) is 0 Å². The second kappa shape index (κ2) is 9.16. The van der Waals surface area contributed by atoms with Gasteiger partial charge in [0.25, 0.3) is 24.7 Å². The van der Waals surface area contributed by atoms with Gasteiger partial charge in [0.2, 0.25) is 0 Å². The highest BCUT2D eigenvalue weighted by atomic mass is 32.1. The molecule has 0 bridgehead atoms. The maximum Gasteiger partial charge on any atom is 0.280 e. The molecule has 196 valence electrons. The van der Waals surface area contributed by atoms with Gasteiger partial charge in [0.1, 0.15) is 26.7 Å². The third-order valence-corrected chi connectivity index (χ3v) is 6.87. The van der Waals surface area contributed by atoms with E-state index in [-0.39, 0.29) is 43.2 Å². The number of primary amides is 1. The molecule has 0 saturated heterocycles. The van der Waals surface area contributed by atoms with Crippen molar-refractivity contribution in [1.82, 2.24) is 29.4 Å². The Bertz CT molecular complexity index is 1760. The van der Waals surface area contributed by atoms with Crippen LogP contribution in [-0.2, 0) is 7.05 Å². The lowest BCUT2D eigenvalue weighted by molar-refractivity contribution is 0.100. The molecule has 0 atom stereocenters. The Morgan fingerprint density at radius 3 is 2.42 bits per heavy atom. The number of amides is 2. The zero-order valence-corrected chi connectivity index (χ0v) is 20.8. The number of aryl methyl sites for hydroxylation is 3. The van der Waals surface area contributed by atoms with E-state index in [1.807, 2.05) is 0 Å². The topological polar surface area (TPSA) is 133 Å². The molecule has 15 heteroatoms. The van der Waals surface area contributed by atoms with Crippen molar-refractivity contribution in [3.05, 3.63) is 57.7 Å². The predicted octanol–water partition coefficient (Wildman–Crippen LogP) is 4.58. The first-order valence-corrected chi connectivity index (χ1v) is 11.8. The van der Waals surface area contributed by atoms with Gasteiger partial charge in [-0.1, -0.05) is 0 Å². The summed E-state index contributed by atoms with van der Waals surface area (Å²) in [7, 11) is 1.65. The first-order valence-electron chi connectivity index (χ1n) is 11.0. The number of carbonyl (C=O) groups excluding carboxylic acids is 2. The van der Waals surface area contributed by atoms with Crippen LogP contribution in [-0.4, -0.2) is 41.2 Å². The number of nitrogens with one attached hydrogen (secondary N) is 1. The number of nitrogens with zero attached hydrogens (tertiary/aromatic N) is 6. The monoisotopic (exact) mass is 546 g/mol. The molecule has 0 spiro atoms. The molecule has 0 fully saturated rings. The summed E-state index contributed by atoms with van der Waals surface area (Å²) in [6.45, 7) is 3.17. The molecule has 38 heavy (non-hydrogen) atoms. The normalized spacial score (nSPS) is 11.8. The Labute approximate surface area is 215 Å². The number of aromatic nitrogens is 6. The van der Waals surface area contributed by atoms with Crippen LogP contribution in [0.1, 0.15) is 55.7 Å². The Kier molecular flexibility index (Phi) is 6.09.